The number of fused-ring (bicyclic) bond motifs is 1. The first-order valence-electron chi connectivity index (χ1n) is 11.1. The third-order valence-corrected chi connectivity index (χ3v) is 6.38. The number of nitrogens with one attached hydrogen (secondary N) is 2. The van der Waals surface area contributed by atoms with Crippen LogP contribution in [0.25, 0.3) is 10.3 Å². The molecule has 0 aliphatic rings. The number of nitrogen functional groups attached to an aromatic ring is 1. The van der Waals surface area contributed by atoms with Crippen molar-refractivity contribution in [2.24, 2.45) is 5.92 Å². The van der Waals surface area contributed by atoms with Crippen LogP contribution in [0.5, 0.6) is 0 Å². The van der Waals surface area contributed by atoms with Crippen LogP contribution in [-0.2, 0) is 17.8 Å². The Morgan fingerprint density at radius 2 is 2.03 bits per heavy atom. The maximum Gasteiger partial charge on any atom is 0.224 e. The minimum Gasteiger partial charge on any atom is -0.397 e. The summed E-state index contributed by atoms with van der Waals surface area (Å²) in [5.74, 6) is 0.377. The summed E-state index contributed by atoms with van der Waals surface area (Å²) in [6.45, 7) is 2.27. The van der Waals surface area contributed by atoms with Gasteiger partial charge in [0.2, 0.25) is 5.91 Å². The molecule has 3 aromatic heterocycles. The summed E-state index contributed by atoms with van der Waals surface area (Å²) in [5.41, 5.74) is 8.08. The number of aromatic nitrogens is 4. The van der Waals surface area contributed by atoms with E-state index in [0.29, 0.717) is 34.8 Å². The standard InChI is InChI=1S/C24H26FN7OS/c1-15(12-20(33)31-18-9-3-2-8-17(18)26)6-4-10-21-32-22-23(29-14-30-24(22)34-21)28-13-19-16(25)7-5-11-27-19/h2-3,5,7-9,11,14-15H,4,6,10,12-13,26H2,1H3,(H,31,33)(H,28,29,30). The van der Waals surface area contributed by atoms with Crippen molar-refractivity contribution in [2.75, 3.05) is 16.4 Å². The lowest BCUT2D eigenvalue weighted by molar-refractivity contribution is -0.117. The molecule has 1 amide bonds. The molecule has 3 heterocycles. The van der Waals surface area contributed by atoms with Crippen molar-refractivity contribution in [3.8, 4) is 0 Å². The van der Waals surface area contributed by atoms with Gasteiger partial charge in [-0.1, -0.05) is 30.4 Å². The summed E-state index contributed by atoms with van der Waals surface area (Å²) < 4.78 is 13.8. The van der Waals surface area contributed by atoms with Gasteiger partial charge >= 0.3 is 0 Å². The van der Waals surface area contributed by atoms with E-state index in [-0.39, 0.29) is 24.2 Å². The van der Waals surface area contributed by atoms with E-state index in [1.165, 1.54) is 23.7 Å². The predicted molar refractivity (Wildman–Crippen MR) is 133 cm³/mol. The van der Waals surface area contributed by atoms with Gasteiger partial charge in [-0.2, -0.15) is 0 Å². The van der Waals surface area contributed by atoms with E-state index >= 15 is 0 Å². The maximum atomic E-state index is 13.8. The first-order chi connectivity index (χ1) is 16.5. The molecule has 176 valence electrons. The molecule has 0 radical (unpaired) electrons. The molecule has 34 heavy (non-hydrogen) atoms. The van der Waals surface area contributed by atoms with Crippen LogP contribution in [0.4, 0.5) is 21.6 Å². The number of rotatable bonds is 10. The summed E-state index contributed by atoms with van der Waals surface area (Å²) in [6, 6.07) is 10.2. The smallest absolute Gasteiger partial charge is 0.224 e. The zero-order valence-electron chi connectivity index (χ0n) is 18.8. The van der Waals surface area contributed by atoms with Crippen LogP contribution in [0.1, 0.15) is 36.9 Å². The monoisotopic (exact) mass is 479 g/mol. The van der Waals surface area contributed by atoms with Gasteiger partial charge in [0, 0.05) is 12.6 Å². The summed E-state index contributed by atoms with van der Waals surface area (Å²) in [6.07, 6.45) is 6.03. The van der Waals surface area contributed by atoms with E-state index in [0.717, 1.165) is 29.1 Å². The molecule has 0 aliphatic carbocycles. The molecule has 1 unspecified atom stereocenters. The summed E-state index contributed by atoms with van der Waals surface area (Å²) >= 11 is 1.52. The third kappa shape index (κ3) is 6.02. The van der Waals surface area contributed by atoms with Crippen LogP contribution >= 0.6 is 11.3 Å². The molecule has 10 heteroatoms. The van der Waals surface area contributed by atoms with Crippen LogP contribution < -0.4 is 16.4 Å². The lowest BCUT2D eigenvalue weighted by atomic mass is 10.00. The Bertz CT molecular complexity index is 1280. The Balaban J connectivity index is 1.29. The Morgan fingerprint density at radius 3 is 2.85 bits per heavy atom. The number of hydrogen-bond donors (Lipinski definition) is 3. The molecular formula is C24H26FN7OS. The van der Waals surface area contributed by atoms with Crippen molar-refractivity contribution >= 4 is 44.8 Å². The molecule has 4 N–H and O–H groups in total. The maximum absolute atomic E-state index is 13.8. The first-order valence-corrected chi connectivity index (χ1v) is 11.9. The van der Waals surface area contributed by atoms with Crippen molar-refractivity contribution in [3.63, 3.8) is 0 Å². The fourth-order valence-corrected chi connectivity index (χ4v) is 4.53. The molecule has 4 rings (SSSR count). The van der Waals surface area contributed by atoms with Gasteiger partial charge < -0.3 is 16.4 Å². The second-order valence-electron chi connectivity index (χ2n) is 8.11. The predicted octanol–water partition coefficient (Wildman–Crippen LogP) is 4.80. The lowest BCUT2D eigenvalue weighted by Crippen LogP contribution is -2.16. The highest BCUT2D eigenvalue weighted by atomic mass is 32.1. The van der Waals surface area contributed by atoms with Crippen molar-refractivity contribution in [1.29, 1.82) is 0 Å². The quantitative estimate of drug-likeness (QED) is 0.280. The van der Waals surface area contributed by atoms with Gasteiger partial charge in [0.25, 0.3) is 0 Å². The number of anilines is 3. The van der Waals surface area contributed by atoms with Crippen molar-refractivity contribution in [1.82, 2.24) is 19.9 Å². The second kappa shape index (κ2) is 11.0. The topological polar surface area (TPSA) is 119 Å². The summed E-state index contributed by atoms with van der Waals surface area (Å²) in [7, 11) is 0. The summed E-state index contributed by atoms with van der Waals surface area (Å²) in [5, 5.41) is 6.95. The largest absolute Gasteiger partial charge is 0.397 e. The van der Waals surface area contributed by atoms with Crippen molar-refractivity contribution in [3.05, 3.63) is 65.4 Å². The number of carbonyl (C=O) groups excluding carboxylic acids is 1. The Kier molecular flexibility index (Phi) is 7.58. The van der Waals surface area contributed by atoms with Crippen LogP contribution in [-0.4, -0.2) is 25.8 Å². The minimum absolute atomic E-state index is 0.0410. The lowest BCUT2D eigenvalue weighted by Gasteiger charge is -2.12. The van der Waals surface area contributed by atoms with Crippen LogP contribution in [0, 0.1) is 11.7 Å². The number of amides is 1. The average Bonchev–Trinajstić information content (AvgIpc) is 3.23. The summed E-state index contributed by atoms with van der Waals surface area (Å²) in [4.78, 5) is 30.4. The van der Waals surface area contributed by atoms with Gasteiger partial charge in [0.1, 0.15) is 22.5 Å². The average molecular weight is 480 g/mol. The van der Waals surface area contributed by atoms with E-state index in [4.69, 9.17) is 10.7 Å². The molecule has 0 spiro atoms. The fraction of sp³-hybridized carbons (Fsp3) is 0.292. The van der Waals surface area contributed by atoms with E-state index in [1.807, 2.05) is 12.1 Å². The van der Waals surface area contributed by atoms with Crippen LogP contribution in [0.15, 0.2) is 48.9 Å². The number of carbonyl (C=O) groups is 1. The van der Waals surface area contributed by atoms with Crippen molar-refractivity contribution < 1.29 is 9.18 Å². The number of nitrogens with zero attached hydrogens (tertiary/aromatic N) is 4. The van der Waals surface area contributed by atoms with Crippen LogP contribution in [0.2, 0.25) is 0 Å². The Morgan fingerprint density at radius 1 is 1.18 bits per heavy atom. The molecule has 0 aliphatic heterocycles. The second-order valence-corrected chi connectivity index (χ2v) is 9.17. The fourth-order valence-electron chi connectivity index (χ4n) is 3.58. The number of halogens is 1. The number of para-hydroxylation sites is 2. The van der Waals surface area contributed by atoms with E-state index in [1.54, 1.807) is 24.4 Å². The molecule has 0 fully saturated rings. The molecule has 0 saturated heterocycles. The van der Waals surface area contributed by atoms with E-state index in [9.17, 15) is 9.18 Å². The number of hydrogen-bond acceptors (Lipinski definition) is 8. The van der Waals surface area contributed by atoms with Gasteiger partial charge in [-0.25, -0.2) is 19.3 Å². The first kappa shape index (κ1) is 23.5. The van der Waals surface area contributed by atoms with E-state index in [2.05, 4.69) is 32.5 Å². The number of aryl methyl sites for hydroxylation is 1. The van der Waals surface area contributed by atoms with Gasteiger partial charge in [0.15, 0.2) is 5.82 Å². The van der Waals surface area contributed by atoms with Crippen molar-refractivity contribution in [2.45, 2.75) is 39.2 Å². The van der Waals surface area contributed by atoms with Gasteiger partial charge in [-0.3, -0.25) is 9.78 Å². The number of thiazole rings is 1. The molecule has 0 bridgehead atoms. The van der Waals surface area contributed by atoms with Crippen LogP contribution in [0.3, 0.4) is 0 Å². The van der Waals surface area contributed by atoms with Gasteiger partial charge in [-0.15, -0.1) is 0 Å². The minimum atomic E-state index is -0.366. The molecule has 1 atom stereocenters. The number of benzene rings is 1. The molecule has 0 saturated carbocycles. The highest BCUT2D eigenvalue weighted by Crippen LogP contribution is 2.27. The third-order valence-electron chi connectivity index (χ3n) is 5.35. The highest BCUT2D eigenvalue weighted by molar-refractivity contribution is 7.18. The molecule has 4 aromatic rings. The molecule has 1 aromatic carbocycles. The SMILES string of the molecule is CC(CCCc1nc2c(NCc3ncccc3F)ncnc2s1)CC(=O)Nc1ccccc1N. The Labute approximate surface area is 200 Å². The molecule has 8 nitrogen and oxygen atoms in total. The van der Waals surface area contributed by atoms with Gasteiger partial charge in [0.05, 0.1) is 28.6 Å². The highest BCUT2D eigenvalue weighted by Gasteiger charge is 2.14. The Hall–Kier alpha value is -3.66. The number of pyridine rings is 1. The zero-order chi connectivity index (χ0) is 23.9. The normalized spacial score (nSPS) is 11.9. The molecular weight excluding hydrogens is 453 g/mol. The van der Waals surface area contributed by atoms with E-state index < -0.39 is 0 Å². The zero-order valence-corrected chi connectivity index (χ0v) is 19.6. The van der Waals surface area contributed by atoms with Gasteiger partial charge in [-0.05, 0) is 49.4 Å². The number of nitrogens with two attached hydrogens (primary N) is 1.